The highest BCUT2D eigenvalue weighted by molar-refractivity contribution is 7.21. The molecule has 0 fully saturated rings. The molecule has 0 bridgehead atoms. The van der Waals surface area contributed by atoms with Gasteiger partial charge in [0.15, 0.2) is 0 Å². The van der Waals surface area contributed by atoms with E-state index in [1.807, 2.05) is 50.5 Å². The van der Waals surface area contributed by atoms with Crippen molar-refractivity contribution in [2.75, 3.05) is 14.1 Å². The Labute approximate surface area is 132 Å². The van der Waals surface area contributed by atoms with Crippen LogP contribution in [0.3, 0.4) is 0 Å². The fraction of sp³-hybridized carbons (Fsp3) is 0.188. The van der Waals surface area contributed by atoms with Crippen LogP contribution in [0, 0.1) is 6.92 Å². The average Bonchev–Trinajstić information content (AvgIpc) is 2.92. The van der Waals surface area contributed by atoms with E-state index in [4.69, 9.17) is 0 Å². The van der Waals surface area contributed by atoms with E-state index in [1.54, 1.807) is 18.2 Å². The molecule has 2 aromatic heterocycles. The zero-order valence-corrected chi connectivity index (χ0v) is 13.5. The fourth-order valence-electron chi connectivity index (χ4n) is 2.11. The largest absolute Gasteiger partial charge is 0.367 e. The minimum Gasteiger partial charge on any atom is -0.367 e. The Bertz CT molecular complexity index is 894. The number of hydrogen-bond donors (Lipinski definition) is 0. The molecule has 0 amide bonds. The molecule has 22 heavy (non-hydrogen) atoms. The number of aryl methyl sites for hydroxylation is 1. The van der Waals surface area contributed by atoms with Crippen molar-refractivity contribution in [1.29, 1.82) is 0 Å². The summed E-state index contributed by atoms with van der Waals surface area (Å²) in [5.41, 5.74) is 0.949. The van der Waals surface area contributed by atoms with Crippen LogP contribution in [0.15, 0.2) is 46.3 Å². The van der Waals surface area contributed by atoms with Crippen molar-refractivity contribution in [2.24, 2.45) is 5.10 Å². The molecular weight excluding hydrogens is 296 g/mol. The van der Waals surface area contributed by atoms with Crippen LogP contribution in [0.5, 0.6) is 0 Å². The number of thiophene rings is 1. The van der Waals surface area contributed by atoms with E-state index in [9.17, 15) is 4.79 Å². The van der Waals surface area contributed by atoms with Crippen molar-refractivity contribution in [3.63, 3.8) is 0 Å². The molecule has 2 heterocycles. The molecule has 0 atom stereocenters. The smallest absolute Gasteiger partial charge is 0.282 e. The first-order valence-electron chi connectivity index (χ1n) is 6.86. The van der Waals surface area contributed by atoms with Gasteiger partial charge >= 0.3 is 0 Å². The summed E-state index contributed by atoms with van der Waals surface area (Å²) in [7, 11) is 3.71. The maximum absolute atomic E-state index is 12.6. The summed E-state index contributed by atoms with van der Waals surface area (Å²) in [6, 6.07) is 11.9. The van der Waals surface area contributed by atoms with Gasteiger partial charge in [0.25, 0.3) is 5.56 Å². The SMILES string of the molecule is Cc1nc2sc(-c3ccccc3)cc2c(=O)n1/N=C/N(C)C. The lowest BCUT2D eigenvalue weighted by Crippen LogP contribution is -2.21. The molecule has 0 saturated heterocycles. The summed E-state index contributed by atoms with van der Waals surface area (Å²) in [5, 5.41) is 4.79. The van der Waals surface area contributed by atoms with Gasteiger partial charge in [0.1, 0.15) is 17.0 Å². The number of hydrogen-bond acceptors (Lipinski definition) is 4. The summed E-state index contributed by atoms with van der Waals surface area (Å²) >= 11 is 1.53. The van der Waals surface area contributed by atoms with Crippen molar-refractivity contribution in [3.05, 3.63) is 52.6 Å². The lowest BCUT2D eigenvalue weighted by Gasteiger charge is -2.05. The molecule has 0 aliphatic carbocycles. The number of benzene rings is 1. The Morgan fingerprint density at radius 1 is 1.27 bits per heavy atom. The van der Waals surface area contributed by atoms with Gasteiger partial charge in [0, 0.05) is 19.0 Å². The molecule has 3 aromatic rings. The number of aromatic nitrogens is 2. The average molecular weight is 312 g/mol. The van der Waals surface area contributed by atoms with Gasteiger partial charge < -0.3 is 4.90 Å². The van der Waals surface area contributed by atoms with Crippen LogP contribution in [0.1, 0.15) is 5.82 Å². The Morgan fingerprint density at radius 2 is 2.00 bits per heavy atom. The predicted octanol–water partition coefficient (Wildman–Crippen LogP) is 2.79. The second-order valence-corrected chi connectivity index (χ2v) is 6.20. The number of nitrogens with zero attached hydrogens (tertiary/aromatic N) is 4. The van der Waals surface area contributed by atoms with Crippen molar-refractivity contribution < 1.29 is 0 Å². The second kappa shape index (κ2) is 5.73. The van der Waals surface area contributed by atoms with Gasteiger partial charge in [-0.05, 0) is 18.6 Å². The Morgan fingerprint density at radius 3 is 2.68 bits per heavy atom. The molecule has 112 valence electrons. The van der Waals surface area contributed by atoms with Gasteiger partial charge in [0.2, 0.25) is 0 Å². The van der Waals surface area contributed by atoms with E-state index >= 15 is 0 Å². The van der Waals surface area contributed by atoms with Gasteiger partial charge in [0.05, 0.1) is 5.39 Å². The maximum Gasteiger partial charge on any atom is 0.282 e. The van der Waals surface area contributed by atoms with Gasteiger partial charge in [-0.25, -0.2) is 4.98 Å². The van der Waals surface area contributed by atoms with Gasteiger partial charge in [-0.1, -0.05) is 30.3 Å². The summed E-state index contributed by atoms with van der Waals surface area (Å²) < 4.78 is 1.34. The van der Waals surface area contributed by atoms with Crippen LogP contribution in [-0.4, -0.2) is 35.0 Å². The highest BCUT2D eigenvalue weighted by Crippen LogP contribution is 2.30. The molecule has 1 aromatic carbocycles. The summed E-state index contributed by atoms with van der Waals surface area (Å²) in [4.78, 5) is 20.7. The molecular formula is C16H16N4OS. The van der Waals surface area contributed by atoms with E-state index in [0.717, 1.165) is 15.3 Å². The highest BCUT2D eigenvalue weighted by atomic mass is 32.1. The van der Waals surface area contributed by atoms with Crippen molar-refractivity contribution >= 4 is 27.9 Å². The molecule has 0 unspecified atom stereocenters. The standard InChI is InChI=1S/C16H16N4OS/c1-11-18-15-13(16(21)20(11)17-10-19(2)3)9-14(22-15)12-7-5-4-6-8-12/h4-10H,1-3H3/b17-10+. The van der Waals surface area contributed by atoms with Crippen LogP contribution in [-0.2, 0) is 0 Å². The summed E-state index contributed by atoms with van der Waals surface area (Å²) in [6.45, 7) is 1.79. The Balaban J connectivity index is 2.17. The van der Waals surface area contributed by atoms with E-state index < -0.39 is 0 Å². The van der Waals surface area contributed by atoms with Crippen LogP contribution < -0.4 is 5.56 Å². The second-order valence-electron chi connectivity index (χ2n) is 5.17. The minimum absolute atomic E-state index is 0.140. The maximum atomic E-state index is 12.6. The van der Waals surface area contributed by atoms with Crippen molar-refractivity contribution in [1.82, 2.24) is 14.6 Å². The van der Waals surface area contributed by atoms with E-state index in [-0.39, 0.29) is 5.56 Å². The van der Waals surface area contributed by atoms with E-state index in [2.05, 4.69) is 10.1 Å². The normalized spacial score (nSPS) is 11.4. The first kappa shape index (κ1) is 14.5. The predicted molar refractivity (Wildman–Crippen MR) is 91.6 cm³/mol. The number of rotatable bonds is 3. The fourth-order valence-corrected chi connectivity index (χ4v) is 3.18. The molecule has 0 N–H and O–H groups in total. The van der Waals surface area contributed by atoms with E-state index in [1.165, 1.54) is 16.0 Å². The molecule has 5 nitrogen and oxygen atoms in total. The minimum atomic E-state index is -0.140. The molecule has 0 aliphatic rings. The third-order valence-electron chi connectivity index (χ3n) is 3.16. The molecule has 0 saturated carbocycles. The molecule has 6 heteroatoms. The first-order chi connectivity index (χ1) is 10.6. The Hall–Kier alpha value is -2.47. The molecule has 0 radical (unpaired) electrons. The lowest BCUT2D eigenvalue weighted by molar-refractivity contribution is 0.626. The zero-order chi connectivity index (χ0) is 15.7. The topological polar surface area (TPSA) is 50.5 Å². The molecule has 0 spiro atoms. The highest BCUT2D eigenvalue weighted by Gasteiger charge is 2.12. The quantitative estimate of drug-likeness (QED) is 0.552. The molecule has 3 rings (SSSR count). The van der Waals surface area contributed by atoms with Crippen molar-refractivity contribution in [2.45, 2.75) is 6.92 Å². The van der Waals surface area contributed by atoms with Crippen LogP contribution in [0.4, 0.5) is 0 Å². The lowest BCUT2D eigenvalue weighted by atomic mass is 10.2. The van der Waals surface area contributed by atoms with Gasteiger partial charge in [-0.15, -0.1) is 11.3 Å². The van der Waals surface area contributed by atoms with Crippen LogP contribution in [0.2, 0.25) is 0 Å². The summed E-state index contributed by atoms with van der Waals surface area (Å²) in [5.74, 6) is 0.581. The Kier molecular flexibility index (Phi) is 3.77. The third kappa shape index (κ3) is 2.65. The number of fused-ring (bicyclic) bond motifs is 1. The van der Waals surface area contributed by atoms with Crippen molar-refractivity contribution in [3.8, 4) is 10.4 Å². The summed E-state index contributed by atoms with van der Waals surface area (Å²) in [6.07, 6.45) is 1.59. The van der Waals surface area contributed by atoms with Gasteiger partial charge in [-0.2, -0.15) is 9.78 Å². The monoisotopic (exact) mass is 312 g/mol. The zero-order valence-electron chi connectivity index (χ0n) is 12.6. The van der Waals surface area contributed by atoms with Gasteiger partial charge in [-0.3, -0.25) is 4.79 Å². The molecule has 0 aliphatic heterocycles. The first-order valence-corrected chi connectivity index (χ1v) is 7.67. The third-order valence-corrected chi connectivity index (χ3v) is 4.24. The van der Waals surface area contributed by atoms with Crippen LogP contribution >= 0.6 is 11.3 Å². The van der Waals surface area contributed by atoms with Crippen LogP contribution in [0.25, 0.3) is 20.7 Å². The van der Waals surface area contributed by atoms with E-state index in [0.29, 0.717) is 11.2 Å².